The Hall–Kier alpha value is -0.430. The van der Waals surface area contributed by atoms with Gasteiger partial charge in [-0.25, -0.2) is 4.99 Å². The van der Waals surface area contributed by atoms with Crippen LogP contribution in [0.3, 0.4) is 0 Å². The highest BCUT2D eigenvalue weighted by Crippen LogP contribution is 2.07. The molecular formula is C16H28IN3S. The summed E-state index contributed by atoms with van der Waals surface area (Å²) in [5.74, 6) is 2.15. The van der Waals surface area contributed by atoms with Crippen molar-refractivity contribution in [2.75, 3.05) is 25.1 Å². The number of guanidine groups is 1. The van der Waals surface area contributed by atoms with Gasteiger partial charge in [-0.05, 0) is 49.8 Å². The number of aliphatic imine (C=N–C) groups is 1. The van der Waals surface area contributed by atoms with Crippen LogP contribution in [0.25, 0.3) is 0 Å². The average molecular weight is 421 g/mol. The number of nitrogens with zero attached hydrogens (tertiary/aromatic N) is 1. The van der Waals surface area contributed by atoms with E-state index in [0.717, 1.165) is 25.6 Å². The van der Waals surface area contributed by atoms with Crippen LogP contribution in [0.5, 0.6) is 0 Å². The molecule has 0 aliphatic rings. The van der Waals surface area contributed by atoms with Crippen molar-refractivity contribution >= 4 is 41.7 Å². The molecule has 0 saturated heterocycles. The Morgan fingerprint density at radius 3 is 2.62 bits per heavy atom. The lowest BCUT2D eigenvalue weighted by Gasteiger charge is -2.11. The van der Waals surface area contributed by atoms with E-state index in [4.69, 9.17) is 0 Å². The standard InChI is InChI=1S/C16H27N3S.HI/c1-4-17-16(18-11-7-8-12-20-3)19-13-15-10-6-5-9-14(15)2;/h5-6,9-10H,4,7-8,11-13H2,1-3H3,(H2,17,18,19);1H. The fourth-order valence-electron chi connectivity index (χ4n) is 1.87. The molecule has 0 fully saturated rings. The van der Waals surface area contributed by atoms with Crippen molar-refractivity contribution in [3.8, 4) is 0 Å². The number of unbranched alkanes of at least 4 members (excludes halogenated alkanes) is 1. The summed E-state index contributed by atoms with van der Waals surface area (Å²) in [5, 5.41) is 6.70. The van der Waals surface area contributed by atoms with E-state index in [1.165, 1.54) is 29.7 Å². The van der Waals surface area contributed by atoms with Gasteiger partial charge in [0.05, 0.1) is 6.54 Å². The number of hydrogen-bond acceptors (Lipinski definition) is 2. The molecule has 2 N–H and O–H groups in total. The Labute approximate surface area is 150 Å². The molecule has 0 unspecified atom stereocenters. The van der Waals surface area contributed by atoms with Crippen LogP contribution < -0.4 is 10.6 Å². The third kappa shape index (κ3) is 9.24. The Bertz CT molecular complexity index is 410. The number of thioether (sulfide) groups is 1. The molecule has 0 aliphatic carbocycles. The quantitative estimate of drug-likeness (QED) is 0.290. The maximum atomic E-state index is 4.65. The first-order valence-corrected chi connectivity index (χ1v) is 8.73. The molecule has 1 aromatic rings. The number of nitrogens with one attached hydrogen (secondary N) is 2. The number of hydrogen-bond donors (Lipinski definition) is 2. The molecule has 0 radical (unpaired) electrons. The lowest BCUT2D eigenvalue weighted by molar-refractivity contribution is 0.734. The van der Waals surface area contributed by atoms with Crippen LogP contribution in [0.15, 0.2) is 29.3 Å². The Kier molecular flexibility index (Phi) is 13.0. The zero-order chi connectivity index (χ0) is 14.6. The third-order valence-corrected chi connectivity index (χ3v) is 3.78. The average Bonchev–Trinajstić information content (AvgIpc) is 2.46. The predicted octanol–water partition coefficient (Wildman–Crippen LogP) is 3.81. The van der Waals surface area contributed by atoms with E-state index in [1.54, 1.807) is 0 Å². The second kappa shape index (κ2) is 13.2. The molecule has 0 aliphatic heterocycles. The van der Waals surface area contributed by atoms with Crippen molar-refractivity contribution in [1.82, 2.24) is 10.6 Å². The molecule has 3 nitrogen and oxygen atoms in total. The largest absolute Gasteiger partial charge is 0.357 e. The summed E-state index contributed by atoms with van der Waals surface area (Å²) in [4.78, 5) is 4.65. The van der Waals surface area contributed by atoms with Gasteiger partial charge in [-0.15, -0.1) is 24.0 Å². The maximum Gasteiger partial charge on any atom is 0.191 e. The minimum absolute atomic E-state index is 0. The highest BCUT2D eigenvalue weighted by atomic mass is 127. The van der Waals surface area contributed by atoms with Crippen molar-refractivity contribution in [2.24, 2.45) is 4.99 Å². The molecule has 0 saturated carbocycles. The van der Waals surface area contributed by atoms with Gasteiger partial charge < -0.3 is 10.6 Å². The van der Waals surface area contributed by atoms with Crippen LogP contribution >= 0.6 is 35.7 Å². The van der Waals surface area contributed by atoms with E-state index < -0.39 is 0 Å². The summed E-state index contributed by atoms with van der Waals surface area (Å²) in [6, 6.07) is 8.41. The number of benzene rings is 1. The fraction of sp³-hybridized carbons (Fsp3) is 0.562. The molecule has 0 spiro atoms. The number of halogens is 1. The van der Waals surface area contributed by atoms with Crippen LogP contribution in [0, 0.1) is 6.92 Å². The topological polar surface area (TPSA) is 36.4 Å². The number of aryl methyl sites for hydroxylation is 1. The Balaban J connectivity index is 0.00000400. The summed E-state index contributed by atoms with van der Waals surface area (Å²) in [5.41, 5.74) is 2.58. The highest BCUT2D eigenvalue weighted by molar-refractivity contribution is 14.0. The molecule has 0 bridgehead atoms. The molecule has 5 heteroatoms. The van der Waals surface area contributed by atoms with E-state index in [-0.39, 0.29) is 24.0 Å². The predicted molar refractivity (Wildman–Crippen MR) is 107 cm³/mol. The van der Waals surface area contributed by atoms with Crippen LogP contribution in [0.1, 0.15) is 30.9 Å². The van der Waals surface area contributed by atoms with E-state index in [1.807, 2.05) is 11.8 Å². The van der Waals surface area contributed by atoms with Crippen LogP contribution in [-0.2, 0) is 6.54 Å². The second-order valence-electron chi connectivity index (χ2n) is 4.75. The first kappa shape index (κ1) is 20.6. The van der Waals surface area contributed by atoms with Gasteiger partial charge in [-0.1, -0.05) is 24.3 Å². The summed E-state index contributed by atoms with van der Waals surface area (Å²) in [6.45, 7) is 6.84. The van der Waals surface area contributed by atoms with Gasteiger partial charge in [0, 0.05) is 13.1 Å². The minimum atomic E-state index is 0. The smallest absolute Gasteiger partial charge is 0.191 e. The fourth-order valence-corrected chi connectivity index (χ4v) is 2.36. The summed E-state index contributed by atoms with van der Waals surface area (Å²) < 4.78 is 0. The molecule has 0 aromatic heterocycles. The zero-order valence-corrected chi connectivity index (χ0v) is 16.5. The lowest BCUT2D eigenvalue weighted by atomic mass is 10.1. The molecule has 0 amide bonds. The van der Waals surface area contributed by atoms with E-state index in [2.05, 4.69) is 60.0 Å². The highest BCUT2D eigenvalue weighted by Gasteiger charge is 1.99. The van der Waals surface area contributed by atoms with Crippen molar-refractivity contribution < 1.29 is 0 Å². The number of rotatable bonds is 8. The Morgan fingerprint density at radius 1 is 1.19 bits per heavy atom. The van der Waals surface area contributed by atoms with Gasteiger partial charge in [-0.3, -0.25) is 0 Å². The lowest BCUT2D eigenvalue weighted by Crippen LogP contribution is -2.37. The zero-order valence-electron chi connectivity index (χ0n) is 13.3. The van der Waals surface area contributed by atoms with Gasteiger partial charge in [0.25, 0.3) is 0 Å². The molecule has 1 aromatic carbocycles. The van der Waals surface area contributed by atoms with Crippen LogP contribution in [0.4, 0.5) is 0 Å². The summed E-state index contributed by atoms with van der Waals surface area (Å²) in [7, 11) is 0. The second-order valence-corrected chi connectivity index (χ2v) is 5.73. The monoisotopic (exact) mass is 421 g/mol. The molecule has 0 atom stereocenters. The Morgan fingerprint density at radius 2 is 1.95 bits per heavy atom. The van der Waals surface area contributed by atoms with E-state index in [9.17, 15) is 0 Å². The third-order valence-electron chi connectivity index (χ3n) is 3.08. The maximum absolute atomic E-state index is 4.65. The minimum Gasteiger partial charge on any atom is -0.357 e. The van der Waals surface area contributed by atoms with E-state index >= 15 is 0 Å². The van der Waals surface area contributed by atoms with Gasteiger partial charge in [0.15, 0.2) is 5.96 Å². The van der Waals surface area contributed by atoms with E-state index in [0.29, 0.717) is 0 Å². The van der Waals surface area contributed by atoms with Gasteiger partial charge in [-0.2, -0.15) is 11.8 Å². The van der Waals surface area contributed by atoms with Crippen molar-refractivity contribution in [1.29, 1.82) is 0 Å². The van der Waals surface area contributed by atoms with Gasteiger partial charge in [0.2, 0.25) is 0 Å². The SMILES string of the molecule is CCNC(=NCc1ccccc1C)NCCCCSC.I. The van der Waals surface area contributed by atoms with Crippen LogP contribution in [0.2, 0.25) is 0 Å². The van der Waals surface area contributed by atoms with Gasteiger partial charge in [0.1, 0.15) is 0 Å². The normalized spacial score (nSPS) is 10.9. The molecule has 21 heavy (non-hydrogen) atoms. The first-order valence-electron chi connectivity index (χ1n) is 7.33. The van der Waals surface area contributed by atoms with Crippen molar-refractivity contribution in [3.05, 3.63) is 35.4 Å². The van der Waals surface area contributed by atoms with Gasteiger partial charge >= 0.3 is 0 Å². The van der Waals surface area contributed by atoms with Crippen LogP contribution in [-0.4, -0.2) is 31.1 Å². The molecule has 0 heterocycles. The first-order chi connectivity index (χ1) is 9.77. The summed E-state index contributed by atoms with van der Waals surface area (Å²) >= 11 is 1.91. The molecular weight excluding hydrogens is 393 g/mol. The molecule has 120 valence electrons. The van der Waals surface area contributed by atoms with Crippen molar-refractivity contribution in [3.63, 3.8) is 0 Å². The summed E-state index contributed by atoms with van der Waals surface area (Å²) in [6.07, 6.45) is 4.60. The molecule has 1 rings (SSSR count). The van der Waals surface area contributed by atoms with Crippen molar-refractivity contribution in [2.45, 2.75) is 33.2 Å².